The van der Waals surface area contributed by atoms with Crippen LogP contribution in [0.5, 0.6) is 0 Å². The molecule has 0 fully saturated rings. The fourth-order valence-corrected chi connectivity index (χ4v) is 0.988. The Hall–Kier alpha value is -1.32. The van der Waals surface area contributed by atoms with Crippen LogP contribution in [0.1, 0.15) is 19.8 Å². The minimum Gasteiger partial charge on any atom is -0.449 e. The van der Waals surface area contributed by atoms with Gasteiger partial charge in [0.1, 0.15) is 5.78 Å². The van der Waals surface area contributed by atoms with Gasteiger partial charge in [-0.2, -0.15) is 0 Å². The molecule has 1 amide bonds. The predicted molar refractivity (Wildman–Crippen MR) is 42.5 cm³/mol. The molecular weight excluding hydrogens is 158 g/mol. The van der Waals surface area contributed by atoms with E-state index in [2.05, 4.69) is 5.32 Å². The number of allylic oxidation sites excluding steroid dienone is 1. The number of carbonyl (C=O) groups is 2. The van der Waals surface area contributed by atoms with Crippen LogP contribution >= 0.6 is 0 Å². The Morgan fingerprint density at radius 1 is 1.75 bits per heavy atom. The molecule has 1 aliphatic heterocycles. The van der Waals surface area contributed by atoms with Crippen LogP contribution in [0.4, 0.5) is 4.79 Å². The van der Waals surface area contributed by atoms with E-state index in [0.29, 0.717) is 18.7 Å². The molecule has 0 aromatic carbocycles. The third-order valence-corrected chi connectivity index (χ3v) is 1.44. The highest BCUT2D eigenvalue weighted by Gasteiger charge is 2.10. The number of carbonyl (C=O) groups excluding carboxylic acids is 2. The van der Waals surface area contributed by atoms with E-state index in [-0.39, 0.29) is 12.2 Å². The molecule has 4 nitrogen and oxygen atoms in total. The lowest BCUT2D eigenvalue weighted by Crippen LogP contribution is -2.22. The van der Waals surface area contributed by atoms with Crippen LogP contribution < -0.4 is 5.32 Å². The number of ketones is 1. The van der Waals surface area contributed by atoms with Crippen LogP contribution in [0, 0.1) is 0 Å². The summed E-state index contributed by atoms with van der Waals surface area (Å²) in [6.07, 6.45) is 2.28. The summed E-state index contributed by atoms with van der Waals surface area (Å²) in [6.45, 7) is 1.87. The maximum atomic E-state index is 10.8. The Bertz CT molecular complexity index is 232. The van der Waals surface area contributed by atoms with Crippen molar-refractivity contribution in [2.24, 2.45) is 0 Å². The molecule has 0 atom stereocenters. The molecular formula is C8H11NO3. The van der Waals surface area contributed by atoms with Gasteiger partial charge in [0.25, 0.3) is 0 Å². The topological polar surface area (TPSA) is 55.4 Å². The standard InChI is InChI=1S/C8H11NO3/c1-6(10)5-7-3-2-4-12-8(11)9-7/h3H,2,4-5H2,1H3,(H,9,11). The number of amides is 1. The van der Waals surface area contributed by atoms with Crippen molar-refractivity contribution in [3.8, 4) is 0 Å². The van der Waals surface area contributed by atoms with Gasteiger partial charge >= 0.3 is 6.09 Å². The van der Waals surface area contributed by atoms with E-state index in [9.17, 15) is 9.59 Å². The molecule has 0 saturated carbocycles. The van der Waals surface area contributed by atoms with Gasteiger partial charge in [0.05, 0.1) is 6.61 Å². The minimum atomic E-state index is -0.472. The zero-order valence-corrected chi connectivity index (χ0v) is 6.92. The molecule has 0 unspecified atom stereocenters. The summed E-state index contributed by atoms with van der Waals surface area (Å²) in [5, 5.41) is 2.49. The van der Waals surface area contributed by atoms with E-state index in [1.165, 1.54) is 6.92 Å². The fraction of sp³-hybridized carbons (Fsp3) is 0.500. The van der Waals surface area contributed by atoms with E-state index >= 15 is 0 Å². The second-order valence-corrected chi connectivity index (χ2v) is 2.66. The van der Waals surface area contributed by atoms with Gasteiger partial charge in [-0.05, 0) is 6.92 Å². The van der Waals surface area contributed by atoms with Crippen LogP contribution in [0.2, 0.25) is 0 Å². The lowest BCUT2D eigenvalue weighted by Gasteiger charge is -2.03. The Balaban J connectivity index is 2.55. The number of hydrogen-bond donors (Lipinski definition) is 1. The Morgan fingerprint density at radius 2 is 2.50 bits per heavy atom. The van der Waals surface area contributed by atoms with E-state index in [0.717, 1.165) is 0 Å². The summed E-state index contributed by atoms with van der Waals surface area (Å²) in [6, 6.07) is 0. The molecule has 0 saturated heterocycles. The van der Waals surface area contributed by atoms with E-state index in [4.69, 9.17) is 4.74 Å². The number of cyclic esters (lactones) is 1. The van der Waals surface area contributed by atoms with Crippen LogP contribution in [-0.2, 0) is 9.53 Å². The summed E-state index contributed by atoms with van der Waals surface area (Å²) in [5.41, 5.74) is 0.644. The van der Waals surface area contributed by atoms with Crippen molar-refractivity contribution in [3.05, 3.63) is 11.8 Å². The van der Waals surface area contributed by atoms with Gasteiger partial charge in [-0.25, -0.2) is 4.79 Å². The molecule has 1 aliphatic rings. The number of nitrogens with one attached hydrogen (secondary N) is 1. The average molecular weight is 169 g/mol. The molecule has 1 heterocycles. The van der Waals surface area contributed by atoms with E-state index in [1.54, 1.807) is 0 Å². The third kappa shape index (κ3) is 2.74. The van der Waals surface area contributed by atoms with Crippen molar-refractivity contribution in [1.82, 2.24) is 5.32 Å². The number of ether oxygens (including phenoxy) is 1. The number of Topliss-reactive ketones (excluding diaryl/α,β-unsaturated/α-hetero) is 1. The first kappa shape index (κ1) is 8.77. The Labute approximate surface area is 70.6 Å². The van der Waals surface area contributed by atoms with Gasteiger partial charge in [-0.1, -0.05) is 6.08 Å². The van der Waals surface area contributed by atoms with Crippen molar-refractivity contribution in [2.75, 3.05) is 6.61 Å². The molecule has 0 radical (unpaired) electrons. The molecule has 1 N–H and O–H groups in total. The van der Waals surface area contributed by atoms with Crippen LogP contribution in [0.15, 0.2) is 11.8 Å². The highest BCUT2D eigenvalue weighted by atomic mass is 16.5. The number of hydrogen-bond acceptors (Lipinski definition) is 3. The lowest BCUT2D eigenvalue weighted by atomic mass is 10.2. The molecule has 1 rings (SSSR count). The first-order chi connectivity index (χ1) is 5.68. The third-order valence-electron chi connectivity index (χ3n) is 1.44. The van der Waals surface area contributed by atoms with Crippen molar-refractivity contribution >= 4 is 11.9 Å². The quantitative estimate of drug-likeness (QED) is 0.670. The smallest absolute Gasteiger partial charge is 0.411 e. The van der Waals surface area contributed by atoms with Gasteiger partial charge in [0.2, 0.25) is 0 Å². The zero-order chi connectivity index (χ0) is 8.97. The van der Waals surface area contributed by atoms with Gasteiger partial charge < -0.3 is 4.74 Å². The minimum absolute atomic E-state index is 0.0310. The molecule has 66 valence electrons. The van der Waals surface area contributed by atoms with Gasteiger partial charge in [-0.15, -0.1) is 0 Å². The maximum Gasteiger partial charge on any atom is 0.411 e. The van der Waals surface area contributed by atoms with Crippen molar-refractivity contribution in [1.29, 1.82) is 0 Å². The normalized spacial score (nSPS) is 17.1. The molecule has 12 heavy (non-hydrogen) atoms. The van der Waals surface area contributed by atoms with Crippen molar-refractivity contribution in [2.45, 2.75) is 19.8 Å². The van der Waals surface area contributed by atoms with E-state index < -0.39 is 6.09 Å². The summed E-state index contributed by atoms with van der Waals surface area (Å²) in [7, 11) is 0. The second kappa shape index (κ2) is 3.90. The monoisotopic (exact) mass is 169 g/mol. The van der Waals surface area contributed by atoms with Gasteiger partial charge in [-0.3, -0.25) is 10.1 Å². The van der Waals surface area contributed by atoms with E-state index in [1.807, 2.05) is 6.08 Å². The second-order valence-electron chi connectivity index (χ2n) is 2.66. The first-order valence-corrected chi connectivity index (χ1v) is 3.81. The first-order valence-electron chi connectivity index (χ1n) is 3.81. The highest BCUT2D eigenvalue weighted by molar-refractivity contribution is 5.80. The van der Waals surface area contributed by atoms with Crippen molar-refractivity contribution < 1.29 is 14.3 Å². The van der Waals surface area contributed by atoms with Crippen LogP contribution in [0.3, 0.4) is 0 Å². The molecule has 0 aromatic heterocycles. The highest BCUT2D eigenvalue weighted by Crippen LogP contribution is 2.04. The summed E-state index contributed by atoms with van der Waals surface area (Å²) >= 11 is 0. The zero-order valence-electron chi connectivity index (χ0n) is 6.92. The molecule has 0 bridgehead atoms. The summed E-state index contributed by atoms with van der Waals surface area (Å²) < 4.78 is 4.70. The lowest BCUT2D eigenvalue weighted by molar-refractivity contribution is -0.116. The molecule has 4 heteroatoms. The van der Waals surface area contributed by atoms with Gasteiger partial charge in [0.15, 0.2) is 0 Å². The summed E-state index contributed by atoms with van der Waals surface area (Å²) in [5.74, 6) is 0.0310. The molecule has 0 aliphatic carbocycles. The number of rotatable bonds is 2. The largest absolute Gasteiger partial charge is 0.449 e. The maximum absolute atomic E-state index is 10.8. The molecule has 0 aromatic rings. The number of alkyl carbamates (subject to hydrolysis) is 1. The average Bonchev–Trinajstić information content (AvgIpc) is 2.12. The Morgan fingerprint density at radius 3 is 3.17 bits per heavy atom. The predicted octanol–water partition coefficient (Wildman–Crippen LogP) is 0.979. The van der Waals surface area contributed by atoms with Crippen LogP contribution in [0.25, 0.3) is 0 Å². The Kier molecular flexibility index (Phi) is 2.85. The summed E-state index contributed by atoms with van der Waals surface area (Å²) in [4.78, 5) is 21.5. The van der Waals surface area contributed by atoms with Crippen LogP contribution in [-0.4, -0.2) is 18.5 Å². The fourth-order valence-electron chi connectivity index (χ4n) is 0.988. The van der Waals surface area contributed by atoms with Crippen molar-refractivity contribution in [3.63, 3.8) is 0 Å². The molecule has 0 spiro atoms. The van der Waals surface area contributed by atoms with Gasteiger partial charge in [0, 0.05) is 18.5 Å². The SMILES string of the molecule is CC(=O)CC1=CCCOC(=O)N1.